The van der Waals surface area contributed by atoms with Gasteiger partial charge in [-0.05, 0) is 36.8 Å². The molecule has 0 spiro atoms. The summed E-state index contributed by atoms with van der Waals surface area (Å²) in [5.74, 6) is 0.460. The highest BCUT2D eigenvalue weighted by Gasteiger charge is 2.48. The summed E-state index contributed by atoms with van der Waals surface area (Å²) in [6.07, 6.45) is 5.75. The Kier molecular flexibility index (Phi) is 2.86. The van der Waals surface area contributed by atoms with E-state index in [1.807, 2.05) is 0 Å². The molecule has 2 rings (SSSR count). The van der Waals surface area contributed by atoms with E-state index < -0.39 is 0 Å². The fourth-order valence-electron chi connectivity index (χ4n) is 3.10. The Hall–Kier alpha value is -1.20. The highest BCUT2D eigenvalue weighted by Crippen LogP contribution is 2.49. The van der Waals surface area contributed by atoms with Crippen molar-refractivity contribution in [3.8, 4) is 12.5 Å². The zero-order valence-electron chi connectivity index (χ0n) is 11.8. The van der Waals surface area contributed by atoms with Gasteiger partial charge in [-0.1, -0.05) is 44.5 Å². The number of hydrogen-bond acceptors (Lipinski definition) is 1. The molecule has 1 aliphatic rings. The van der Waals surface area contributed by atoms with Crippen LogP contribution in [0.2, 0.25) is 0 Å². The maximum absolute atomic E-state index is 5.75. The number of terminal acetylenes is 1. The van der Waals surface area contributed by atoms with E-state index in [0.29, 0.717) is 5.92 Å². The maximum atomic E-state index is 5.75. The second-order valence-electron chi connectivity index (χ2n) is 6.29. The molecule has 0 saturated carbocycles. The van der Waals surface area contributed by atoms with Crippen LogP contribution in [0.5, 0.6) is 0 Å². The lowest BCUT2D eigenvalue weighted by Crippen LogP contribution is -2.56. The lowest BCUT2D eigenvalue weighted by Gasteiger charge is -2.53. The quantitative estimate of drug-likeness (QED) is 0.508. The Morgan fingerprint density at radius 2 is 1.89 bits per heavy atom. The minimum Gasteiger partial charge on any atom is -0.296 e. The van der Waals surface area contributed by atoms with Crippen molar-refractivity contribution in [1.29, 1.82) is 0 Å². The maximum Gasteiger partial charge on any atom is 0.0711 e. The molecule has 0 bridgehead atoms. The molecule has 93 valence electrons. The molecule has 0 aromatic heterocycles. The van der Waals surface area contributed by atoms with Gasteiger partial charge in [0, 0.05) is 6.04 Å². The number of hydrogen-bond donors (Lipinski definition) is 0. The van der Waals surface area contributed by atoms with Gasteiger partial charge in [0.25, 0.3) is 0 Å². The third-order valence-corrected chi connectivity index (χ3v) is 5.09. The summed E-state index contributed by atoms with van der Waals surface area (Å²) < 4.78 is 0. The molecular weight excluding hydrogens is 234 g/mol. The molecule has 0 aliphatic carbocycles. The van der Waals surface area contributed by atoms with Gasteiger partial charge in [-0.3, -0.25) is 4.90 Å². The minimum atomic E-state index is -0.0431. The van der Waals surface area contributed by atoms with Gasteiger partial charge >= 0.3 is 0 Å². The molecular formula is C16H20NSi. The summed E-state index contributed by atoms with van der Waals surface area (Å²) in [5, 5.41) is 1.10. The average molecular weight is 254 g/mol. The Morgan fingerprint density at radius 3 is 2.44 bits per heavy atom. The van der Waals surface area contributed by atoms with Crippen LogP contribution >= 0.6 is 0 Å². The van der Waals surface area contributed by atoms with Crippen molar-refractivity contribution in [2.75, 3.05) is 4.90 Å². The van der Waals surface area contributed by atoms with Crippen LogP contribution in [0.25, 0.3) is 0 Å². The van der Waals surface area contributed by atoms with E-state index in [1.54, 1.807) is 0 Å². The van der Waals surface area contributed by atoms with Gasteiger partial charge in [0.05, 0.1) is 21.5 Å². The van der Waals surface area contributed by atoms with Crippen LogP contribution in [-0.4, -0.2) is 15.8 Å². The minimum absolute atomic E-state index is 0.0431. The van der Waals surface area contributed by atoms with Crippen LogP contribution in [0.15, 0.2) is 18.2 Å². The predicted molar refractivity (Wildman–Crippen MR) is 79.4 cm³/mol. The topological polar surface area (TPSA) is 3.24 Å². The molecule has 3 radical (unpaired) electrons. The van der Waals surface area contributed by atoms with Crippen molar-refractivity contribution < 1.29 is 0 Å². The summed E-state index contributed by atoms with van der Waals surface area (Å²) in [4.78, 5) is 2.07. The third-order valence-electron chi connectivity index (χ3n) is 4.78. The lowest BCUT2D eigenvalue weighted by atomic mass is 9.62. The van der Waals surface area contributed by atoms with Gasteiger partial charge in [-0.2, -0.15) is 0 Å². The lowest BCUT2D eigenvalue weighted by molar-refractivity contribution is 0.209. The Morgan fingerprint density at radius 1 is 1.28 bits per heavy atom. The van der Waals surface area contributed by atoms with Crippen molar-refractivity contribution in [2.45, 2.75) is 45.6 Å². The number of benzene rings is 1. The number of rotatable bonds is 0. The molecule has 2 heteroatoms. The summed E-state index contributed by atoms with van der Waals surface area (Å²) >= 11 is 0. The zero-order valence-corrected chi connectivity index (χ0v) is 12.8. The van der Waals surface area contributed by atoms with E-state index in [9.17, 15) is 0 Å². The Bertz CT molecular complexity index is 522. The molecule has 0 N–H and O–H groups in total. The molecule has 1 unspecified atom stereocenters. The first-order valence-electron chi connectivity index (χ1n) is 6.35. The molecule has 1 atom stereocenters. The van der Waals surface area contributed by atoms with Gasteiger partial charge in [0.1, 0.15) is 0 Å². The zero-order chi connectivity index (χ0) is 13.7. The van der Waals surface area contributed by atoms with E-state index in [0.717, 1.165) is 10.9 Å². The first-order chi connectivity index (χ1) is 8.22. The van der Waals surface area contributed by atoms with Crippen LogP contribution in [-0.2, 0) is 5.41 Å². The third kappa shape index (κ3) is 1.61. The summed E-state index contributed by atoms with van der Waals surface area (Å²) in [6.45, 7) is 11.3. The van der Waals surface area contributed by atoms with Gasteiger partial charge in [0.2, 0.25) is 0 Å². The molecule has 1 aliphatic heterocycles. The molecule has 1 nitrogen and oxygen atoms in total. The SMILES string of the molecule is C#CN1c2ccc([Si])cc2C(C)(C)C(C)C1(C)C. The van der Waals surface area contributed by atoms with Crippen LogP contribution in [0.3, 0.4) is 0 Å². The first-order valence-corrected chi connectivity index (χ1v) is 6.85. The van der Waals surface area contributed by atoms with Gasteiger partial charge in [-0.15, -0.1) is 0 Å². The van der Waals surface area contributed by atoms with Gasteiger partial charge in [-0.25, -0.2) is 0 Å². The standard InChI is InChI=1S/C16H20NSi/c1-7-17-14-9-8-12(18)10-13(14)15(3,4)11(2)16(17,5)6/h1,8-11H,2-6H3. The Labute approximate surface area is 114 Å². The summed E-state index contributed by atoms with van der Waals surface area (Å²) in [5.41, 5.74) is 2.54. The Balaban J connectivity index is 2.76. The normalized spacial score (nSPS) is 24.3. The largest absolute Gasteiger partial charge is 0.296 e. The summed E-state index contributed by atoms with van der Waals surface area (Å²) in [6, 6.07) is 9.23. The second-order valence-corrected chi connectivity index (χ2v) is 6.87. The first kappa shape index (κ1) is 13.2. The highest BCUT2D eigenvalue weighted by atomic mass is 28.1. The molecule has 0 fully saturated rings. The van der Waals surface area contributed by atoms with E-state index in [-0.39, 0.29) is 11.0 Å². The average Bonchev–Trinajstić information content (AvgIpc) is 2.29. The summed E-state index contributed by atoms with van der Waals surface area (Å²) in [7, 11) is 3.61. The van der Waals surface area contributed by atoms with E-state index in [4.69, 9.17) is 6.42 Å². The molecule has 1 heterocycles. The monoisotopic (exact) mass is 254 g/mol. The van der Waals surface area contributed by atoms with Crippen LogP contribution in [0, 0.1) is 18.4 Å². The van der Waals surface area contributed by atoms with Crippen molar-refractivity contribution in [3.05, 3.63) is 23.8 Å². The van der Waals surface area contributed by atoms with Crippen molar-refractivity contribution in [3.63, 3.8) is 0 Å². The second kappa shape index (κ2) is 3.90. The number of fused-ring (bicyclic) bond motifs is 1. The van der Waals surface area contributed by atoms with Crippen LogP contribution in [0.4, 0.5) is 5.69 Å². The van der Waals surface area contributed by atoms with E-state index >= 15 is 0 Å². The molecule has 18 heavy (non-hydrogen) atoms. The molecule has 1 aromatic rings. The van der Waals surface area contributed by atoms with E-state index in [2.05, 4.69) is 74.0 Å². The van der Waals surface area contributed by atoms with Gasteiger partial charge in [0.15, 0.2) is 0 Å². The fourth-order valence-corrected chi connectivity index (χ4v) is 3.33. The van der Waals surface area contributed by atoms with Crippen molar-refractivity contribution in [2.24, 2.45) is 5.92 Å². The van der Waals surface area contributed by atoms with Crippen LogP contribution in [0.1, 0.15) is 40.2 Å². The number of nitrogens with zero attached hydrogens (tertiary/aromatic N) is 1. The highest BCUT2D eigenvalue weighted by molar-refractivity contribution is 6.32. The van der Waals surface area contributed by atoms with E-state index in [1.165, 1.54) is 5.56 Å². The van der Waals surface area contributed by atoms with Crippen LogP contribution < -0.4 is 10.1 Å². The van der Waals surface area contributed by atoms with Gasteiger partial charge < -0.3 is 0 Å². The smallest absolute Gasteiger partial charge is 0.0711 e. The molecule has 0 saturated heterocycles. The molecule has 1 aromatic carbocycles. The van der Waals surface area contributed by atoms with Crippen molar-refractivity contribution in [1.82, 2.24) is 0 Å². The van der Waals surface area contributed by atoms with Crippen molar-refractivity contribution >= 4 is 21.1 Å². The number of anilines is 1. The predicted octanol–water partition coefficient (Wildman–Crippen LogP) is 2.58. The fraction of sp³-hybridized carbons (Fsp3) is 0.500. The molecule has 0 amide bonds.